The normalized spacial score (nSPS) is 27.1. The second-order valence-electron chi connectivity index (χ2n) is 5.73. The van der Waals surface area contributed by atoms with Gasteiger partial charge in [0.15, 0.2) is 0 Å². The standard InChI is InChI=1S/C15H25N3O/c1-11-15(12(2)17-16-11)7-8-18(3)10-13-5-4-6-14(19)9-13/h4-6,9,11-12,15-17,19H,7-8,10H2,1-3H3. The highest BCUT2D eigenvalue weighted by molar-refractivity contribution is 5.26. The molecule has 1 aliphatic rings. The van der Waals surface area contributed by atoms with Crippen molar-refractivity contribution in [1.29, 1.82) is 0 Å². The van der Waals surface area contributed by atoms with Crippen molar-refractivity contribution in [3.8, 4) is 5.75 Å². The van der Waals surface area contributed by atoms with Crippen LogP contribution in [0, 0.1) is 5.92 Å². The van der Waals surface area contributed by atoms with Gasteiger partial charge in [0.05, 0.1) is 0 Å². The Balaban J connectivity index is 1.80. The first-order chi connectivity index (χ1) is 9.06. The molecule has 1 heterocycles. The molecule has 0 bridgehead atoms. The van der Waals surface area contributed by atoms with Crippen molar-refractivity contribution in [1.82, 2.24) is 15.8 Å². The van der Waals surface area contributed by atoms with Gasteiger partial charge >= 0.3 is 0 Å². The van der Waals surface area contributed by atoms with Crippen LogP contribution in [0.3, 0.4) is 0 Å². The summed E-state index contributed by atoms with van der Waals surface area (Å²) in [5.74, 6) is 1.02. The molecule has 4 nitrogen and oxygen atoms in total. The zero-order valence-electron chi connectivity index (χ0n) is 12.1. The number of hydrazine groups is 1. The second kappa shape index (κ2) is 6.37. The van der Waals surface area contributed by atoms with Crippen LogP contribution in [-0.4, -0.2) is 35.7 Å². The van der Waals surface area contributed by atoms with Crippen molar-refractivity contribution >= 4 is 0 Å². The lowest BCUT2D eigenvalue weighted by Crippen LogP contribution is -2.30. The van der Waals surface area contributed by atoms with Crippen molar-refractivity contribution in [2.24, 2.45) is 5.92 Å². The molecule has 0 saturated carbocycles. The minimum atomic E-state index is 0.345. The lowest BCUT2D eigenvalue weighted by atomic mass is 9.93. The van der Waals surface area contributed by atoms with Gasteiger partial charge < -0.3 is 10.0 Å². The van der Waals surface area contributed by atoms with Gasteiger partial charge in [0.25, 0.3) is 0 Å². The maximum atomic E-state index is 9.46. The van der Waals surface area contributed by atoms with Crippen LogP contribution < -0.4 is 10.9 Å². The van der Waals surface area contributed by atoms with Gasteiger partial charge in [-0.3, -0.25) is 10.9 Å². The Morgan fingerprint density at radius 2 is 1.89 bits per heavy atom. The number of phenols is 1. The third-order valence-corrected chi connectivity index (χ3v) is 4.03. The number of hydrogen-bond donors (Lipinski definition) is 3. The Kier molecular flexibility index (Phi) is 4.80. The molecule has 2 unspecified atom stereocenters. The van der Waals surface area contributed by atoms with Gasteiger partial charge in [0.2, 0.25) is 0 Å². The predicted octanol–water partition coefficient (Wildman–Crippen LogP) is 1.72. The van der Waals surface area contributed by atoms with Crippen LogP contribution in [0.25, 0.3) is 0 Å². The highest BCUT2D eigenvalue weighted by Crippen LogP contribution is 2.19. The van der Waals surface area contributed by atoms with Crippen molar-refractivity contribution < 1.29 is 5.11 Å². The number of hydrogen-bond acceptors (Lipinski definition) is 4. The van der Waals surface area contributed by atoms with Crippen LogP contribution in [0.1, 0.15) is 25.8 Å². The monoisotopic (exact) mass is 263 g/mol. The summed E-state index contributed by atoms with van der Waals surface area (Å²) >= 11 is 0. The summed E-state index contributed by atoms with van der Waals surface area (Å²) in [4.78, 5) is 2.31. The van der Waals surface area contributed by atoms with E-state index in [2.05, 4.69) is 42.7 Å². The lowest BCUT2D eigenvalue weighted by molar-refractivity contribution is 0.278. The van der Waals surface area contributed by atoms with Crippen LogP contribution in [0.15, 0.2) is 24.3 Å². The Morgan fingerprint density at radius 3 is 2.53 bits per heavy atom. The summed E-state index contributed by atoms with van der Waals surface area (Å²) in [5, 5.41) is 9.46. The van der Waals surface area contributed by atoms with E-state index in [0.29, 0.717) is 23.8 Å². The Labute approximate surface area is 115 Å². The van der Waals surface area contributed by atoms with Crippen molar-refractivity contribution in [2.75, 3.05) is 13.6 Å². The first-order valence-electron chi connectivity index (χ1n) is 7.04. The molecule has 0 amide bonds. The fraction of sp³-hybridized carbons (Fsp3) is 0.600. The van der Waals surface area contributed by atoms with E-state index in [1.807, 2.05) is 12.1 Å². The average molecular weight is 263 g/mol. The third-order valence-electron chi connectivity index (χ3n) is 4.03. The van der Waals surface area contributed by atoms with Gasteiger partial charge in [-0.25, -0.2) is 0 Å². The zero-order chi connectivity index (χ0) is 13.8. The van der Waals surface area contributed by atoms with Gasteiger partial charge in [0, 0.05) is 18.6 Å². The molecule has 0 radical (unpaired) electrons. The highest BCUT2D eigenvalue weighted by Gasteiger charge is 2.29. The number of aromatic hydroxyl groups is 1. The van der Waals surface area contributed by atoms with E-state index < -0.39 is 0 Å². The van der Waals surface area contributed by atoms with Crippen LogP contribution in [0.2, 0.25) is 0 Å². The second-order valence-corrected chi connectivity index (χ2v) is 5.73. The summed E-state index contributed by atoms with van der Waals surface area (Å²) < 4.78 is 0. The van der Waals surface area contributed by atoms with E-state index in [-0.39, 0.29) is 0 Å². The molecule has 1 aromatic carbocycles. The molecule has 19 heavy (non-hydrogen) atoms. The van der Waals surface area contributed by atoms with Crippen molar-refractivity contribution in [3.05, 3.63) is 29.8 Å². The lowest BCUT2D eigenvalue weighted by Gasteiger charge is -2.22. The van der Waals surface area contributed by atoms with E-state index >= 15 is 0 Å². The van der Waals surface area contributed by atoms with Gasteiger partial charge in [-0.2, -0.15) is 0 Å². The molecule has 0 aliphatic carbocycles. The molecular weight excluding hydrogens is 238 g/mol. The molecule has 1 fully saturated rings. The molecular formula is C15H25N3O. The molecule has 2 rings (SSSR count). The number of nitrogens with one attached hydrogen (secondary N) is 2. The van der Waals surface area contributed by atoms with E-state index in [4.69, 9.17) is 0 Å². The minimum absolute atomic E-state index is 0.345. The molecule has 3 N–H and O–H groups in total. The number of benzene rings is 1. The first-order valence-corrected chi connectivity index (χ1v) is 7.04. The van der Waals surface area contributed by atoms with Crippen LogP contribution in [-0.2, 0) is 6.54 Å². The fourth-order valence-electron chi connectivity index (χ4n) is 2.82. The number of nitrogens with zero attached hydrogens (tertiary/aromatic N) is 1. The number of phenolic OH excluding ortho intramolecular Hbond substituents is 1. The molecule has 0 aromatic heterocycles. The van der Waals surface area contributed by atoms with Crippen LogP contribution in [0.4, 0.5) is 0 Å². The van der Waals surface area contributed by atoms with Crippen LogP contribution >= 0.6 is 0 Å². The summed E-state index contributed by atoms with van der Waals surface area (Å²) in [7, 11) is 2.13. The maximum Gasteiger partial charge on any atom is 0.115 e. The van der Waals surface area contributed by atoms with E-state index in [1.54, 1.807) is 6.07 Å². The average Bonchev–Trinajstić information content (AvgIpc) is 2.67. The fourth-order valence-corrected chi connectivity index (χ4v) is 2.82. The van der Waals surface area contributed by atoms with Gasteiger partial charge in [-0.1, -0.05) is 12.1 Å². The van der Waals surface area contributed by atoms with Gasteiger partial charge in [-0.05, 0) is 57.5 Å². The third kappa shape index (κ3) is 3.93. The molecule has 106 valence electrons. The zero-order valence-corrected chi connectivity index (χ0v) is 12.1. The van der Waals surface area contributed by atoms with Gasteiger partial charge in [-0.15, -0.1) is 0 Å². The molecule has 1 saturated heterocycles. The number of rotatable bonds is 5. The Bertz CT molecular complexity index is 400. The summed E-state index contributed by atoms with van der Waals surface area (Å²) in [6, 6.07) is 8.56. The smallest absolute Gasteiger partial charge is 0.115 e. The predicted molar refractivity (Wildman–Crippen MR) is 77.7 cm³/mol. The molecule has 0 spiro atoms. The van der Waals surface area contributed by atoms with E-state index in [9.17, 15) is 5.11 Å². The van der Waals surface area contributed by atoms with Crippen LogP contribution in [0.5, 0.6) is 5.75 Å². The summed E-state index contributed by atoms with van der Waals surface area (Å²) in [5.41, 5.74) is 7.76. The van der Waals surface area contributed by atoms with E-state index in [0.717, 1.165) is 18.7 Å². The molecule has 2 atom stereocenters. The molecule has 1 aromatic rings. The largest absolute Gasteiger partial charge is 0.508 e. The van der Waals surface area contributed by atoms with Crippen molar-refractivity contribution in [3.63, 3.8) is 0 Å². The highest BCUT2D eigenvalue weighted by atomic mass is 16.3. The summed E-state index contributed by atoms with van der Waals surface area (Å²) in [6.45, 7) is 6.41. The Hall–Kier alpha value is -1.10. The first kappa shape index (κ1) is 14.3. The maximum absolute atomic E-state index is 9.46. The molecule has 1 aliphatic heterocycles. The molecule has 4 heteroatoms. The van der Waals surface area contributed by atoms with E-state index in [1.165, 1.54) is 6.42 Å². The van der Waals surface area contributed by atoms with Gasteiger partial charge in [0.1, 0.15) is 5.75 Å². The Morgan fingerprint density at radius 1 is 1.21 bits per heavy atom. The quantitative estimate of drug-likeness (QED) is 0.757. The minimum Gasteiger partial charge on any atom is -0.508 e. The van der Waals surface area contributed by atoms with Crippen molar-refractivity contribution in [2.45, 2.75) is 38.9 Å². The topological polar surface area (TPSA) is 47.5 Å². The SMILES string of the molecule is CC1NNC(C)C1CCN(C)Cc1cccc(O)c1. The summed E-state index contributed by atoms with van der Waals surface area (Å²) in [6.07, 6.45) is 1.18.